The van der Waals surface area contributed by atoms with Gasteiger partial charge < -0.3 is 9.64 Å². The lowest BCUT2D eigenvalue weighted by atomic mass is 10.0. The van der Waals surface area contributed by atoms with Crippen LogP contribution in [0.15, 0.2) is 108 Å². The Kier molecular flexibility index (Phi) is 14.8. The van der Waals surface area contributed by atoms with Crippen molar-refractivity contribution in [2.75, 3.05) is 46.4 Å². The largest absolute Gasteiger partial charge is 0.465 e. The summed E-state index contributed by atoms with van der Waals surface area (Å²) in [4.78, 5) is 19.7. The lowest BCUT2D eigenvalue weighted by Crippen LogP contribution is -2.47. The molecule has 0 N–H and O–H groups in total. The molecule has 47 heavy (non-hydrogen) atoms. The number of esters is 1. The lowest BCUT2D eigenvalue weighted by Gasteiger charge is -2.38. The third-order valence-corrected chi connectivity index (χ3v) is 8.32. The van der Waals surface area contributed by atoms with Gasteiger partial charge in [-0.05, 0) is 75.4 Å². The maximum Gasteiger partial charge on any atom is 0.416 e. The molecule has 1 aliphatic heterocycles. The second kappa shape index (κ2) is 18.5. The van der Waals surface area contributed by atoms with E-state index in [0.717, 1.165) is 81.1 Å². The Morgan fingerprint density at radius 3 is 2.04 bits per heavy atom. The quantitative estimate of drug-likeness (QED) is 0.117. The first kappa shape index (κ1) is 37.6. The standard InChI is InChI=1S/C39H50F3N3O2/c1-7-11-33(27-34(12-8-2)38(46)47-6)37(10-4)45(22-21-31-15-13-30(5)14-16-31)36(9-3)29-44-25-23-43(24-26-44)28-32-17-19-35(20-18-32)39(40,41)42/h8-20,27H,7,21-26,28-29H2,1-6H3/b12-8-,33-11-,34-27+,36-9-,37-10?. The number of piperazine rings is 1. The predicted octanol–water partition coefficient (Wildman–Crippen LogP) is 8.50. The average Bonchev–Trinajstić information content (AvgIpc) is 3.06. The number of benzene rings is 2. The monoisotopic (exact) mass is 649 g/mol. The molecule has 2 aromatic carbocycles. The van der Waals surface area contributed by atoms with Crippen LogP contribution in [0.2, 0.25) is 0 Å². The normalized spacial score (nSPS) is 16.2. The van der Waals surface area contributed by atoms with Gasteiger partial charge in [0.05, 0.1) is 18.2 Å². The van der Waals surface area contributed by atoms with Crippen LogP contribution in [0, 0.1) is 6.92 Å². The molecule has 0 aliphatic carbocycles. The first-order valence-electron chi connectivity index (χ1n) is 16.4. The predicted molar refractivity (Wildman–Crippen MR) is 186 cm³/mol. The molecule has 0 radical (unpaired) electrons. The number of carbonyl (C=O) groups is 1. The summed E-state index contributed by atoms with van der Waals surface area (Å²) in [6, 6.07) is 14.1. The van der Waals surface area contributed by atoms with E-state index in [1.165, 1.54) is 23.9 Å². The topological polar surface area (TPSA) is 36.0 Å². The fourth-order valence-electron chi connectivity index (χ4n) is 5.71. The zero-order chi connectivity index (χ0) is 34.4. The van der Waals surface area contributed by atoms with Crippen LogP contribution in [0.25, 0.3) is 0 Å². The number of hydrogen-bond donors (Lipinski definition) is 0. The van der Waals surface area contributed by atoms with Crippen molar-refractivity contribution in [1.29, 1.82) is 0 Å². The fraction of sp³-hybridized carbons (Fsp3) is 0.410. The number of ether oxygens (including phenoxy) is 1. The van der Waals surface area contributed by atoms with Gasteiger partial charge in [-0.2, -0.15) is 13.2 Å². The van der Waals surface area contributed by atoms with Crippen LogP contribution in [-0.4, -0.2) is 67.0 Å². The zero-order valence-electron chi connectivity index (χ0n) is 28.7. The minimum absolute atomic E-state index is 0.382. The fourth-order valence-corrected chi connectivity index (χ4v) is 5.71. The summed E-state index contributed by atoms with van der Waals surface area (Å²) in [7, 11) is 1.40. The molecular weight excluding hydrogens is 599 g/mol. The molecule has 254 valence electrons. The smallest absolute Gasteiger partial charge is 0.416 e. The molecule has 1 heterocycles. The van der Waals surface area contributed by atoms with Crippen molar-refractivity contribution in [3.8, 4) is 0 Å². The van der Waals surface area contributed by atoms with Gasteiger partial charge in [0.2, 0.25) is 0 Å². The summed E-state index contributed by atoms with van der Waals surface area (Å²) in [5, 5.41) is 0. The van der Waals surface area contributed by atoms with Crippen LogP contribution in [0.5, 0.6) is 0 Å². The van der Waals surface area contributed by atoms with Crippen molar-refractivity contribution >= 4 is 5.97 Å². The minimum atomic E-state index is -4.32. The number of nitrogens with zero attached hydrogens (tertiary/aromatic N) is 3. The number of alkyl halides is 3. The summed E-state index contributed by atoms with van der Waals surface area (Å²) in [5.41, 5.74) is 6.38. The average molecular weight is 650 g/mol. The van der Waals surface area contributed by atoms with Crippen molar-refractivity contribution in [3.05, 3.63) is 130 Å². The van der Waals surface area contributed by atoms with Gasteiger partial charge in [-0.1, -0.05) is 79.3 Å². The van der Waals surface area contributed by atoms with Crippen molar-refractivity contribution in [2.24, 2.45) is 0 Å². The molecule has 0 amide bonds. The maximum absolute atomic E-state index is 13.0. The lowest BCUT2D eigenvalue weighted by molar-refractivity contribution is -0.137. The Labute approximate surface area is 279 Å². The Balaban J connectivity index is 1.82. The van der Waals surface area contributed by atoms with E-state index in [1.807, 2.05) is 26.0 Å². The van der Waals surface area contributed by atoms with Crippen LogP contribution in [0.3, 0.4) is 0 Å². The number of allylic oxidation sites excluding steroid dienone is 5. The summed E-state index contributed by atoms with van der Waals surface area (Å²) in [6.45, 7) is 15.6. The van der Waals surface area contributed by atoms with Crippen LogP contribution in [0.4, 0.5) is 13.2 Å². The molecule has 0 aromatic heterocycles. The molecule has 0 saturated carbocycles. The molecule has 8 heteroatoms. The van der Waals surface area contributed by atoms with Gasteiger partial charge in [0, 0.05) is 57.2 Å². The van der Waals surface area contributed by atoms with E-state index in [-0.39, 0.29) is 5.97 Å². The second-order valence-electron chi connectivity index (χ2n) is 11.7. The summed E-state index contributed by atoms with van der Waals surface area (Å²) < 4.78 is 44.1. The highest BCUT2D eigenvalue weighted by Gasteiger charge is 2.30. The Morgan fingerprint density at radius 1 is 0.894 bits per heavy atom. The molecule has 5 nitrogen and oxygen atoms in total. The van der Waals surface area contributed by atoms with Crippen LogP contribution >= 0.6 is 0 Å². The van der Waals surface area contributed by atoms with E-state index in [2.05, 4.69) is 78.0 Å². The number of carbonyl (C=O) groups excluding carboxylic acids is 1. The number of methoxy groups -OCH3 is 1. The summed E-state index contributed by atoms with van der Waals surface area (Å²) in [6.07, 6.45) is 9.28. The van der Waals surface area contributed by atoms with Crippen molar-refractivity contribution in [2.45, 2.75) is 60.2 Å². The number of hydrogen-bond acceptors (Lipinski definition) is 5. The number of halogens is 3. The molecule has 0 unspecified atom stereocenters. The molecule has 1 fully saturated rings. The van der Waals surface area contributed by atoms with Crippen molar-refractivity contribution in [3.63, 3.8) is 0 Å². The molecule has 0 bridgehead atoms. The van der Waals surface area contributed by atoms with E-state index < -0.39 is 11.7 Å². The molecule has 3 rings (SSSR count). The van der Waals surface area contributed by atoms with Crippen LogP contribution in [-0.2, 0) is 28.7 Å². The third kappa shape index (κ3) is 11.4. The zero-order valence-corrected chi connectivity index (χ0v) is 28.7. The van der Waals surface area contributed by atoms with Gasteiger partial charge in [-0.15, -0.1) is 0 Å². The molecule has 2 aromatic rings. The van der Waals surface area contributed by atoms with E-state index in [9.17, 15) is 18.0 Å². The third-order valence-electron chi connectivity index (χ3n) is 8.32. The van der Waals surface area contributed by atoms with Gasteiger partial charge in [0.15, 0.2) is 0 Å². The van der Waals surface area contributed by atoms with E-state index >= 15 is 0 Å². The van der Waals surface area contributed by atoms with Crippen LogP contribution < -0.4 is 0 Å². The summed E-state index contributed by atoms with van der Waals surface area (Å²) in [5.74, 6) is -0.382. The number of rotatable bonds is 14. The second-order valence-corrected chi connectivity index (χ2v) is 11.7. The highest BCUT2D eigenvalue weighted by molar-refractivity contribution is 5.92. The highest BCUT2D eigenvalue weighted by Crippen LogP contribution is 2.30. The van der Waals surface area contributed by atoms with E-state index in [1.54, 1.807) is 18.2 Å². The van der Waals surface area contributed by atoms with E-state index in [0.29, 0.717) is 12.1 Å². The van der Waals surface area contributed by atoms with Crippen molar-refractivity contribution < 1.29 is 22.7 Å². The molecular formula is C39H50F3N3O2. The minimum Gasteiger partial charge on any atom is -0.465 e. The SMILES string of the molecule is CC=C(C(=C\CC)/C=C(\C=C/C)C(=O)OC)N(CCc1ccc(C)cc1)/C(=C\C)CN1CCN(Cc2ccc(C(F)(F)F)cc2)CC1. The first-order valence-corrected chi connectivity index (χ1v) is 16.4. The van der Waals surface area contributed by atoms with Gasteiger partial charge in [0.25, 0.3) is 0 Å². The maximum atomic E-state index is 13.0. The van der Waals surface area contributed by atoms with Gasteiger partial charge in [-0.3, -0.25) is 9.80 Å². The van der Waals surface area contributed by atoms with E-state index in [4.69, 9.17) is 4.74 Å². The van der Waals surface area contributed by atoms with Gasteiger partial charge in [0.1, 0.15) is 0 Å². The molecule has 1 aliphatic rings. The van der Waals surface area contributed by atoms with Gasteiger partial charge >= 0.3 is 12.1 Å². The Hall–Kier alpha value is -3.88. The van der Waals surface area contributed by atoms with Gasteiger partial charge in [-0.25, -0.2) is 4.79 Å². The molecule has 0 atom stereocenters. The number of aryl methyl sites for hydroxylation is 1. The summed E-state index contributed by atoms with van der Waals surface area (Å²) >= 11 is 0. The Bertz CT molecular complexity index is 1440. The Morgan fingerprint density at radius 2 is 1.51 bits per heavy atom. The first-order chi connectivity index (χ1) is 22.5. The molecule has 1 saturated heterocycles. The molecule has 0 spiro atoms. The highest BCUT2D eigenvalue weighted by atomic mass is 19.4. The van der Waals surface area contributed by atoms with Crippen molar-refractivity contribution in [1.82, 2.24) is 14.7 Å². The van der Waals surface area contributed by atoms with Crippen LogP contribution in [0.1, 0.15) is 56.4 Å².